The molecule has 0 aromatic rings. The van der Waals surface area contributed by atoms with E-state index in [0.29, 0.717) is 11.5 Å². The van der Waals surface area contributed by atoms with E-state index in [4.69, 9.17) is 11.3 Å². The van der Waals surface area contributed by atoms with E-state index in [1.807, 2.05) is 0 Å². The fourth-order valence-electron chi connectivity index (χ4n) is 1.06. The number of carbonyl (C=O) groups is 1. The van der Waals surface area contributed by atoms with Gasteiger partial charge in [0.05, 0.1) is 5.70 Å². The first kappa shape index (κ1) is 5.88. The largest absolute Gasteiger partial charge is 0.478 e. The summed E-state index contributed by atoms with van der Waals surface area (Å²) in [7, 11) is 0. The van der Waals surface area contributed by atoms with Gasteiger partial charge in [0.1, 0.15) is 5.76 Å². The number of hydrogen-bond acceptors (Lipinski definition) is 3. The second kappa shape index (κ2) is 2.41. The summed E-state index contributed by atoms with van der Waals surface area (Å²) >= 11 is 0. The maximum absolute atomic E-state index is 10.6. The van der Waals surface area contributed by atoms with Crippen molar-refractivity contribution in [3.8, 4) is 0 Å². The predicted molar refractivity (Wildman–Crippen MR) is 41.0 cm³/mol. The van der Waals surface area contributed by atoms with E-state index in [0.717, 1.165) is 5.31 Å². The van der Waals surface area contributed by atoms with Gasteiger partial charge in [-0.1, -0.05) is 0 Å². The molecule has 1 unspecified atom stereocenters. The summed E-state index contributed by atoms with van der Waals surface area (Å²) in [6, 6.07) is 0. The minimum Gasteiger partial charge on any atom is -0.478 e. The third-order valence-corrected chi connectivity index (χ3v) is 1.61. The molecule has 2 heterocycles. The molecule has 4 heteroatoms. The first-order valence-corrected chi connectivity index (χ1v) is 3.47. The number of aliphatic carboxylic acids is 1. The third-order valence-electron chi connectivity index (χ3n) is 1.61. The standard InChI is InChI=1S/C8H7NO3/c10-8(11)7-4-5-6(12-7)2-1-3-9-5/h1-4,7,9H,(H,10,11)/i/hD. The molecular formula is C8H7NO3. The van der Waals surface area contributed by atoms with Crippen molar-refractivity contribution in [2.45, 2.75) is 6.10 Å². The maximum Gasteiger partial charge on any atom is 0.349 e. The van der Waals surface area contributed by atoms with Gasteiger partial charge < -0.3 is 15.2 Å². The summed E-state index contributed by atoms with van der Waals surface area (Å²) in [5.74, 6) is -0.610. The van der Waals surface area contributed by atoms with Crippen molar-refractivity contribution in [1.29, 1.82) is 0 Å². The maximum atomic E-state index is 10.6. The molecule has 0 saturated carbocycles. The number of hydrogen-bond donors (Lipinski definition) is 2. The van der Waals surface area contributed by atoms with Gasteiger partial charge in [-0.2, -0.15) is 0 Å². The lowest BCUT2D eigenvalue weighted by atomic mass is 10.2. The lowest BCUT2D eigenvalue weighted by Crippen LogP contribution is -2.16. The van der Waals surface area contributed by atoms with E-state index in [9.17, 15) is 4.79 Å². The van der Waals surface area contributed by atoms with Crippen LogP contribution in [0, 0.1) is 0 Å². The van der Waals surface area contributed by atoms with Crippen LogP contribution in [0.3, 0.4) is 0 Å². The molecule has 0 aromatic heterocycles. The van der Waals surface area contributed by atoms with Crippen LogP contribution >= 0.6 is 0 Å². The van der Waals surface area contributed by atoms with Crippen molar-refractivity contribution in [1.82, 2.24) is 5.31 Å². The molecular weight excluding hydrogens is 158 g/mol. The van der Waals surface area contributed by atoms with Crippen LogP contribution < -0.4 is 5.31 Å². The topological polar surface area (TPSA) is 58.6 Å². The average Bonchev–Trinajstić information content (AvgIpc) is 2.49. The molecule has 2 N–H and O–H groups in total. The molecule has 0 saturated heterocycles. The molecule has 0 spiro atoms. The number of dihydropyridines is 1. The Balaban J connectivity index is 2.30. The Morgan fingerprint density at radius 3 is 3.33 bits per heavy atom. The number of ether oxygens (including phenoxy) is 1. The van der Waals surface area contributed by atoms with Gasteiger partial charge >= 0.3 is 5.97 Å². The Labute approximate surface area is 70.3 Å². The van der Waals surface area contributed by atoms with Gasteiger partial charge in [0.15, 0.2) is 1.41 Å². The first-order valence-electron chi connectivity index (χ1n) is 3.91. The summed E-state index contributed by atoms with van der Waals surface area (Å²) in [6.07, 6.45) is 5.23. The zero-order chi connectivity index (χ0) is 9.42. The molecule has 0 fully saturated rings. The van der Waals surface area contributed by atoms with Gasteiger partial charge in [0.25, 0.3) is 0 Å². The number of fused-ring (bicyclic) bond motifs is 1. The van der Waals surface area contributed by atoms with Gasteiger partial charge in [-0.3, -0.25) is 0 Å². The summed E-state index contributed by atoms with van der Waals surface area (Å²) < 4.78 is 12.4. The summed E-state index contributed by atoms with van der Waals surface area (Å²) in [5, 5.41) is 9.73. The molecule has 12 heavy (non-hydrogen) atoms. The molecule has 0 amide bonds. The first-order chi connectivity index (χ1) is 6.18. The quantitative estimate of drug-likeness (QED) is 0.590. The van der Waals surface area contributed by atoms with E-state index in [2.05, 4.69) is 0 Å². The van der Waals surface area contributed by atoms with Gasteiger partial charge in [-0.25, -0.2) is 4.79 Å². The Kier molecular flexibility index (Phi) is 1.18. The highest BCUT2D eigenvalue weighted by Gasteiger charge is 2.27. The van der Waals surface area contributed by atoms with Crippen LogP contribution in [-0.2, 0) is 9.53 Å². The fraction of sp³-hybridized carbons (Fsp3) is 0.125. The van der Waals surface area contributed by atoms with Crippen molar-refractivity contribution in [3.05, 3.63) is 35.9 Å². The molecule has 2 aliphatic rings. The molecule has 2 rings (SSSR count). The molecule has 1 atom stereocenters. The second-order valence-electron chi connectivity index (χ2n) is 2.43. The lowest BCUT2D eigenvalue weighted by molar-refractivity contribution is -0.144. The molecule has 2 aliphatic heterocycles. The van der Waals surface area contributed by atoms with Crippen LogP contribution in [0.4, 0.5) is 0 Å². The van der Waals surface area contributed by atoms with Crippen molar-refractivity contribution < 1.29 is 16.0 Å². The Morgan fingerprint density at radius 2 is 2.67 bits per heavy atom. The van der Waals surface area contributed by atoms with Crippen LogP contribution in [0.15, 0.2) is 35.9 Å². The minimum absolute atomic E-state index is 0.435. The summed E-state index contributed by atoms with van der Waals surface area (Å²) in [5.41, 5.74) is 0.481. The number of carboxylic acid groups (broad SMARTS) is 1. The number of nitrogens with one attached hydrogen (secondary N) is 1. The normalized spacial score (nSPS) is 26.8. The highest BCUT2D eigenvalue weighted by molar-refractivity contribution is 5.76. The zero-order valence-electron chi connectivity index (χ0n) is 7.10. The highest BCUT2D eigenvalue weighted by atomic mass is 16.5. The van der Waals surface area contributed by atoms with Crippen molar-refractivity contribution in [2.75, 3.05) is 0 Å². The minimum atomic E-state index is -1.05. The Hall–Kier alpha value is -1.71. The van der Waals surface area contributed by atoms with Crippen molar-refractivity contribution in [3.63, 3.8) is 0 Å². The number of rotatable bonds is 1. The van der Waals surface area contributed by atoms with Gasteiger partial charge in [0.2, 0.25) is 6.10 Å². The number of carboxylic acids is 1. The summed E-state index contributed by atoms with van der Waals surface area (Å²) in [6.45, 7) is 0. The summed E-state index contributed by atoms with van der Waals surface area (Å²) in [4.78, 5) is 10.6. The van der Waals surface area contributed by atoms with Crippen molar-refractivity contribution >= 4 is 5.97 Å². The van der Waals surface area contributed by atoms with E-state index in [-0.39, 0.29) is 0 Å². The third kappa shape index (κ3) is 0.972. The van der Waals surface area contributed by atoms with E-state index in [1.165, 1.54) is 12.3 Å². The highest BCUT2D eigenvalue weighted by Crippen LogP contribution is 2.23. The van der Waals surface area contributed by atoms with Crippen LogP contribution in [-0.4, -0.2) is 17.2 Å². The van der Waals surface area contributed by atoms with Gasteiger partial charge in [-0.15, -0.1) is 0 Å². The van der Waals surface area contributed by atoms with Crippen molar-refractivity contribution in [2.24, 2.45) is 0 Å². The average molecular weight is 166 g/mol. The van der Waals surface area contributed by atoms with Crippen LogP contribution in [0.25, 0.3) is 0 Å². The molecule has 0 aromatic carbocycles. The molecule has 4 nitrogen and oxygen atoms in total. The Bertz CT molecular complexity index is 345. The van der Waals surface area contributed by atoms with Crippen LogP contribution in [0.5, 0.6) is 0 Å². The fourth-order valence-corrected chi connectivity index (χ4v) is 1.06. The monoisotopic (exact) mass is 166 g/mol. The van der Waals surface area contributed by atoms with E-state index >= 15 is 0 Å². The van der Waals surface area contributed by atoms with Gasteiger partial charge in [0, 0.05) is 6.20 Å². The van der Waals surface area contributed by atoms with Gasteiger partial charge in [-0.05, 0) is 18.2 Å². The van der Waals surface area contributed by atoms with Crippen LogP contribution in [0.1, 0.15) is 0 Å². The molecule has 0 aliphatic carbocycles. The molecule has 62 valence electrons. The predicted octanol–water partition coefficient (Wildman–Crippen LogP) is 0.354. The van der Waals surface area contributed by atoms with E-state index in [1.54, 1.807) is 12.2 Å². The Morgan fingerprint density at radius 1 is 1.83 bits per heavy atom. The smallest absolute Gasteiger partial charge is 0.349 e. The van der Waals surface area contributed by atoms with E-state index < -0.39 is 12.1 Å². The lowest BCUT2D eigenvalue weighted by Gasteiger charge is -2.08. The van der Waals surface area contributed by atoms with Crippen LogP contribution in [0.2, 0.25) is 1.41 Å². The second-order valence-corrected chi connectivity index (χ2v) is 2.43. The SMILES string of the molecule is [2H]N1C=CC=C2OC(C(=O)O)C=C21. The number of allylic oxidation sites excluding steroid dienone is 2. The zero-order valence-corrected chi connectivity index (χ0v) is 6.10. The molecule has 0 radical (unpaired) electrons. The molecule has 0 bridgehead atoms.